The van der Waals surface area contributed by atoms with Crippen LogP contribution in [0.2, 0.25) is 10.0 Å². The molecule has 2 N–H and O–H groups in total. The molecular weight excluding hydrogens is 463 g/mol. The van der Waals surface area contributed by atoms with Gasteiger partial charge in [0, 0.05) is 5.69 Å². The van der Waals surface area contributed by atoms with E-state index in [9.17, 15) is 27.2 Å². The van der Waals surface area contributed by atoms with Crippen LogP contribution in [0.25, 0.3) is 0 Å². The van der Waals surface area contributed by atoms with Gasteiger partial charge in [-0.05, 0) is 42.3 Å². The summed E-state index contributed by atoms with van der Waals surface area (Å²) < 4.78 is 56.5. The lowest BCUT2D eigenvalue weighted by atomic mass is 10.0. The van der Waals surface area contributed by atoms with Crippen molar-refractivity contribution < 1.29 is 31.9 Å². The van der Waals surface area contributed by atoms with Crippen molar-refractivity contribution in [3.05, 3.63) is 57.8 Å². The summed E-state index contributed by atoms with van der Waals surface area (Å²) >= 11 is 11.5. The van der Waals surface area contributed by atoms with Gasteiger partial charge >= 0.3 is 12.1 Å². The number of hydrogen-bond acceptors (Lipinski definition) is 4. The smallest absolute Gasteiger partial charge is 0.416 e. The van der Waals surface area contributed by atoms with Gasteiger partial charge in [0.05, 0.1) is 21.3 Å². The van der Waals surface area contributed by atoms with Gasteiger partial charge in [0.2, 0.25) is 0 Å². The number of rotatable bonds is 7. The minimum atomic E-state index is -4.55. The normalized spacial score (nSPS) is 12.4. The summed E-state index contributed by atoms with van der Waals surface area (Å²) in [7, 11) is 0. The van der Waals surface area contributed by atoms with Gasteiger partial charge in [-0.1, -0.05) is 37.0 Å². The molecule has 0 saturated carbocycles. The predicted molar refractivity (Wildman–Crippen MR) is 110 cm³/mol. The van der Waals surface area contributed by atoms with Crippen molar-refractivity contribution in [1.82, 2.24) is 0 Å². The van der Waals surface area contributed by atoms with E-state index in [-0.39, 0.29) is 27.3 Å². The predicted octanol–water partition coefficient (Wildman–Crippen LogP) is 5.77. The maximum atomic E-state index is 13.2. The zero-order chi connectivity index (χ0) is 23.3. The molecule has 31 heavy (non-hydrogen) atoms. The Morgan fingerprint density at radius 3 is 2.29 bits per heavy atom. The summed E-state index contributed by atoms with van der Waals surface area (Å²) in [6, 6.07) is 5.25. The van der Waals surface area contributed by atoms with Gasteiger partial charge in [0.1, 0.15) is 11.9 Å². The second kappa shape index (κ2) is 10.2. The van der Waals surface area contributed by atoms with Crippen LogP contribution in [0.15, 0.2) is 36.4 Å². The van der Waals surface area contributed by atoms with Crippen LogP contribution in [0.3, 0.4) is 0 Å². The van der Waals surface area contributed by atoms with Gasteiger partial charge in [-0.2, -0.15) is 13.2 Å². The van der Waals surface area contributed by atoms with E-state index in [2.05, 4.69) is 10.6 Å². The molecule has 0 spiro atoms. The van der Waals surface area contributed by atoms with E-state index in [4.69, 9.17) is 27.9 Å². The number of alkyl halides is 3. The highest BCUT2D eigenvalue weighted by Crippen LogP contribution is 2.34. The Kier molecular flexibility index (Phi) is 8.14. The number of hydrogen-bond donors (Lipinski definition) is 2. The molecule has 0 unspecified atom stereocenters. The number of anilines is 2. The molecule has 2 aromatic rings. The fraction of sp³-hybridized carbons (Fsp3) is 0.300. The van der Waals surface area contributed by atoms with E-state index in [0.717, 1.165) is 24.3 Å². The standard InChI is InChI=1S/C20H18Cl2F4N2O3/c1-10(2)18(28-16-6-3-11(7-14(16)22)20(24,25)26)19(30)31-9-17(29)27-12-4-5-15(23)13(21)8-12/h3-8,10,18,28H,9H2,1-2H3,(H,27,29)/t18-/m0/s1. The van der Waals surface area contributed by atoms with Crippen LogP contribution in [0.5, 0.6) is 0 Å². The lowest BCUT2D eigenvalue weighted by molar-refractivity contribution is -0.149. The molecule has 2 aromatic carbocycles. The van der Waals surface area contributed by atoms with Crippen LogP contribution in [0.1, 0.15) is 19.4 Å². The van der Waals surface area contributed by atoms with Gasteiger partial charge in [-0.3, -0.25) is 4.79 Å². The first kappa shape index (κ1) is 24.7. The first-order chi connectivity index (χ1) is 14.4. The Hall–Kier alpha value is -2.52. The first-order valence-electron chi connectivity index (χ1n) is 8.93. The van der Waals surface area contributed by atoms with E-state index >= 15 is 0 Å². The Labute approximate surface area is 185 Å². The van der Waals surface area contributed by atoms with Crippen LogP contribution < -0.4 is 10.6 Å². The van der Waals surface area contributed by atoms with E-state index in [1.165, 1.54) is 12.1 Å². The molecule has 0 aliphatic rings. The number of benzene rings is 2. The molecule has 0 aliphatic heterocycles. The van der Waals surface area contributed by atoms with Crippen LogP contribution in [-0.4, -0.2) is 24.5 Å². The van der Waals surface area contributed by atoms with Crippen molar-refractivity contribution in [2.75, 3.05) is 17.2 Å². The molecule has 1 atom stereocenters. The number of carbonyl (C=O) groups excluding carboxylic acids is 2. The molecule has 0 radical (unpaired) electrons. The quantitative estimate of drug-likeness (QED) is 0.389. The van der Waals surface area contributed by atoms with Crippen molar-refractivity contribution in [2.24, 2.45) is 5.92 Å². The fourth-order valence-corrected chi connectivity index (χ4v) is 2.89. The van der Waals surface area contributed by atoms with Gasteiger partial charge in [-0.25, -0.2) is 9.18 Å². The van der Waals surface area contributed by atoms with Gasteiger partial charge in [0.15, 0.2) is 6.61 Å². The molecule has 0 bridgehead atoms. The Morgan fingerprint density at radius 1 is 1.06 bits per heavy atom. The minimum absolute atomic E-state index is 0.107. The zero-order valence-corrected chi connectivity index (χ0v) is 17.8. The molecule has 0 saturated heterocycles. The highest BCUT2D eigenvalue weighted by molar-refractivity contribution is 6.33. The summed E-state index contributed by atoms with van der Waals surface area (Å²) in [6.45, 7) is 2.72. The Morgan fingerprint density at radius 2 is 1.74 bits per heavy atom. The SMILES string of the molecule is CC(C)[C@H](Nc1ccc(C(F)(F)F)cc1Cl)C(=O)OCC(=O)Nc1ccc(F)c(Cl)c1. The minimum Gasteiger partial charge on any atom is -0.454 e. The molecule has 0 aromatic heterocycles. The van der Waals surface area contributed by atoms with E-state index in [1.807, 2.05) is 0 Å². The molecule has 0 fully saturated rings. The molecule has 1 amide bonds. The number of esters is 1. The summed E-state index contributed by atoms with van der Waals surface area (Å²) in [6.07, 6.45) is -4.55. The van der Waals surface area contributed by atoms with Crippen molar-refractivity contribution >= 4 is 46.5 Å². The van der Waals surface area contributed by atoms with Crippen LogP contribution >= 0.6 is 23.2 Å². The highest BCUT2D eigenvalue weighted by Gasteiger charge is 2.31. The molecule has 168 valence electrons. The molecule has 0 heterocycles. The Balaban J connectivity index is 2.00. The number of ether oxygens (including phenoxy) is 1. The number of carbonyl (C=O) groups is 2. The lowest BCUT2D eigenvalue weighted by Crippen LogP contribution is -2.37. The number of nitrogens with one attached hydrogen (secondary N) is 2. The van der Waals surface area contributed by atoms with E-state index in [0.29, 0.717) is 0 Å². The first-order valence-corrected chi connectivity index (χ1v) is 9.69. The van der Waals surface area contributed by atoms with Crippen LogP contribution in [0, 0.1) is 11.7 Å². The van der Waals surface area contributed by atoms with Crippen LogP contribution in [0.4, 0.5) is 28.9 Å². The molecular formula is C20H18Cl2F4N2O3. The second-order valence-corrected chi connectivity index (χ2v) is 7.66. The third-order valence-corrected chi connectivity index (χ3v) is 4.68. The third kappa shape index (κ3) is 7.00. The van der Waals surface area contributed by atoms with E-state index in [1.54, 1.807) is 13.8 Å². The summed E-state index contributed by atoms with van der Waals surface area (Å²) in [4.78, 5) is 24.4. The fourth-order valence-electron chi connectivity index (χ4n) is 2.47. The molecule has 11 heteroatoms. The van der Waals surface area contributed by atoms with Crippen molar-refractivity contribution in [3.63, 3.8) is 0 Å². The molecule has 2 rings (SSSR count). The van der Waals surface area contributed by atoms with Gasteiger partial charge in [-0.15, -0.1) is 0 Å². The van der Waals surface area contributed by atoms with Crippen molar-refractivity contribution in [1.29, 1.82) is 0 Å². The Bertz CT molecular complexity index is 968. The maximum absolute atomic E-state index is 13.2. The topological polar surface area (TPSA) is 67.4 Å². The maximum Gasteiger partial charge on any atom is 0.416 e. The lowest BCUT2D eigenvalue weighted by Gasteiger charge is -2.23. The number of amides is 1. The monoisotopic (exact) mass is 480 g/mol. The van der Waals surface area contributed by atoms with Gasteiger partial charge in [0.25, 0.3) is 5.91 Å². The molecule has 0 aliphatic carbocycles. The largest absolute Gasteiger partial charge is 0.454 e. The third-order valence-electron chi connectivity index (χ3n) is 4.08. The average molecular weight is 481 g/mol. The number of halogens is 6. The van der Waals surface area contributed by atoms with Crippen molar-refractivity contribution in [2.45, 2.75) is 26.1 Å². The highest BCUT2D eigenvalue weighted by atomic mass is 35.5. The molecule has 5 nitrogen and oxygen atoms in total. The second-order valence-electron chi connectivity index (χ2n) is 6.84. The van der Waals surface area contributed by atoms with E-state index < -0.39 is 42.1 Å². The van der Waals surface area contributed by atoms with Crippen LogP contribution in [-0.2, 0) is 20.5 Å². The summed E-state index contributed by atoms with van der Waals surface area (Å²) in [5, 5.41) is 4.73. The summed E-state index contributed by atoms with van der Waals surface area (Å²) in [5.41, 5.74) is -0.609. The summed E-state index contributed by atoms with van der Waals surface area (Å²) in [5.74, 6) is -2.49. The average Bonchev–Trinajstić information content (AvgIpc) is 2.67. The van der Waals surface area contributed by atoms with Gasteiger partial charge < -0.3 is 15.4 Å². The zero-order valence-electron chi connectivity index (χ0n) is 16.3. The van der Waals surface area contributed by atoms with Crippen molar-refractivity contribution in [3.8, 4) is 0 Å².